The van der Waals surface area contributed by atoms with Gasteiger partial charge in [-0.15, -0.1) is 0 Å². The normalized spacial score (nSPS) is 16.6. The van der Waals surface area contributed by atoms with Crippen LogP contribution in [0, 0.1) is 0 Å². The van der Waals surface area contributed by atoms with Crippen LogP contribution in [-0.2, 0) is 4.79 Å². The van der Waals surface area contributed by atoms with E-state index in [0.29, 0.717) is 18.9 Å². The Morgan fingerprint density at radius 2 is 2.36 bits per heavy atom. The van der Waals surface area contributed by atoms with E-state index in [2.05, 4.69) is 10.3 Å². The molecule has 14 heavy (non-hydrogen) atoms. The van der Waals surface area contributed by atoms with Gasteiger partial charge < -0.3 is 16.0 Å². The summed E-state index contributed by atoms with van der Waals surface area (Å²) in [5, 5.41) is 2.77. The predicted molar refractivity (Wildman–Crippen MR) is 53.9 cm³/mol. The first-order chi connectivity index (χ1) is 6.75. The van der Waals surface area contributed by atoms with E-state index in [-0.39, 0.29) is 5.91 Å². The lowest BCUT2D eigenvalue weighted by atomic mass is 10.3. The Labute approximate surface area is 81.9 Å². The third-order valence-corrected chi connectivity index (χ3v) is 2.17. The highest BCUT2D eigenvalue weighted by atomic mass is 16.2. The van der Waals surface area contributed by atoms with Crippen molar-refractivity contribution in [3.05, 3.63) is 18.3 Å². The fraction of sp³-hybridized carbons (Fsp3) is 0.333. The SMILES string of the molecule is Nc1ccc(N2CCNC(=O)C2)cn1. The summed E-state index contributed by atoms with van der Waals surface area (Å²) in [6.45, 7) is 1.89. The molecule has 2 rings (SSSR count). The molecule has 0 saturated carbocycles. The van der Waals surface area contributed by atoms with E-state index in [9.17, 15) is 4.79 Å². The summed E-state index contributed by atoms with van der Waals surface area (Å²) < 4.78 is 0. The second-order valence-corrected chi connectivity index (χ2v) is 3.21. The number of nitrogen functional groups attached to an aromatic ring is 1. The van der Waals surface area contributed by atoms with Gasteiger partial charge in [0, 0.05) is 13.1 Å². The molecule has 0 spiro atoms. The molecule has 1 aromatic heterocycles. The van der Waals surface area contributed by atoms with Gasteiger partial charge in [-0.25, -0.2) is 4.98 Å². The highest BCUT2D eigenvalue weighted by Crippen LogP contribution is 2.14. The third kappa shape index (κ3) is 1.76. The van der Waals surface area contributed by atoms with Crippen molar-refractivity contribution in [1.29, 1.82) is 0 Å². The Hall–Kier alpha value is -1.78. The van der Waals surface area contributed by atoms with Crippen molar-refractivity contribution in [2.45, 2.75) is 0 Å². The summed E-state index contributed by atoms with van der Waals surface area (Å²) in [6, 6.07) is 3.61. The zero-order valence-electron chi connectivity index (χ0n) is 7.73. The number of hydrogen-bond donors (Lipinski definition) is 2. The molecule has 1 amide bonds. The van der Waals surface area contributed by atoms with Crippen LogP contribution in [0.3, 0.4) is 0 Å². The van der Waals surface area contributed by atoms with Gasteiger partial charge in [0.2, 0.25) is 5.91 Å². The number of pyridine rings is 1. The first-order valence-electron chi connectivity index (χ1n) is 4.49. The topological polar surface area (TPSA) is 71.2 Å². The van der Waals surface area contributed by atoms with Crippen molar-refractivity contribution in [1.82, 2.24) is 10.3 Å². The lowest BCUT2D eigenvalue weighted by Gasteiger charge is -2.28. The van der Waals surface area contributed by atoms with Crippen molar-refractivity contribution in [2.75, 3.05) is 30.3 Å². The molecule has 1 fully saturated rings. The number of aromatic nitrogens is 1. The molecule has 1 saturated heterocycles. The highest BCUT2D eigenvalue weighted by molar-refractivity contribution is 5.82. The Morgan fingerprint density at radius 1 is 1.50 bits per heavy atom. The second kappa shape index (κ2) is 3.53. The molecule has 0 bridgehead atoms. The zero-order chi connectivity index (χ0) is 9.97. The van der Waals surface area contributed by atoms with E-state index < -0.39 is 0 Å². The summed E-state index contributed by atoms with van der Waals surface area (Å²) in [7, 11) is 0. The van der Waals surface area contributed by atoms with E-state index in [4.69, 9.17) is 5.73 Å². The Bertz CT molecular complexity index is 335. The maximum atomic E-state index is 11.1. The first kappa shape index (κ1) is 8.80. The summed E-state index contributed by atoms with van der Waals surface area (Å²) >= 11 is 0. The molecule has 1 aliphatic rings. The second-order valence-electron chi connectivity index (χ2n) is 3.21. The van der Waals surface area contributed by atoms with Crippen molar-refractivity contribution in [3.63, 3.8) is 0 Å². The standard InChI is InChI=1S/C9H12N4O/c10-8-2-1-7(5-12-8)13-4-3-11-9(14)6-13/h1-2,5H,3-4,6H2,(H2,10,12)(H,11,14). The summed E-state index contributed by atoms with van der Waals surface area (Å²) in [6.07, 6.45) is 1.69. The quantitative estimate of drug-likeness (QED) is 0.635. The van der Waals surface area contributed by atoms with Crippen molar-refractivity contribution in [2.24, 2.45) is 0 Å². The molecule has 74 valence electrons. The number of rotatable bonds is 1. The molecule has 1 aliphatic heterocycles. The molecule has 0 aromatic carbocycles. The summed E-state index contributed by atoms with van der Waals surface area (Å²) in [5.41, 5.74) is 6.41. The fourth-order valence-electron chi connectivity index (χ4n) is 1.44. The van der Waals surface area contributed by atoms with Crippen LogP contribution in [0.4, 0.5) is 11.5 Å². The van der Waals surface area contributed by atoms with E-state index in [1.807, 2.05) is 11.0 Å². The van der Waals surface area contributed by atoms with Crippen LogP contribution >= 0.6 is 0 Å². The average molecular weight is 192 g/mol. The van der Waals surface area contributed by atoms with Gasteiger partial charge in [-0.05, 0) is 12.1 Å². The van der Waals surface area contributed by atoms with Gasteiger partial charge in [0.25, 0.3) is 0 Å². The smallest absolute Gasteiger partial charge is 0.239 e. The van der Waals surface area contributed by atoms with Crippen LogP contribution in [0.15, 0.2) is 18.3 Å². The minimum atomic E-state index is 0.0491. The van der Waals surface area contributed by atoms with Crippen LogP contribution in [-0.4, -0.2) is 30.5 Å². The number of piperazine rings is 1. The molecule has 0 radical (unpaired) electrons. The molecule has 5 heteroatoms. The monoisotopic (exact) mass is 192 g/mol. The molecular formula is C9H12N4O. The van der Waals surface area contributed by atoms with Gasteiger partial charge in [0.15, 0.2) is 0 Å². The maximum Gasteiger partial charge on any atom is 0.239 e. The molecule has 2 heterocycles. The minimum absolute atomic E-state index is 0.0491. The Balaban J connectivity index is 2.14. The van der Waals surface area contributed by atoms with Gasteiger partial charge in [0.1, 0.15) is 5.82 Å². The van der Waals surface area contributed by atoms with Gasteiger partial charge in [0.05, 0.1) is 18.4 Å². The first-order valence-corrected chi connectivity index (χ1v) is 4.49. The third-order valence-electron chi connectivity index (χ3n) is 2.17. The Kier molecular flexibility index (Phi) is 2.22. The van der Waals surface area contributed by atoms with Gasteiger partial charge in [-0.3, -0.25) is 4.79 Å². The van der Waals surface area contributed by atoms with E-state index in [0.717, 1.165) is 12.2 Å². The minimum Gasteiger partial charge on any atom is -0.384 e. The number of nitrogens with zero attached hydrogens (tertiary/aromatic N) is 2. The maximum absolute atomic E-state index is 11.1. The molecule has 1 aromatic rings. The lowest BCUT2D eigenvalue weighted by molar-refractivity contribution is -0.120. The van der Waals surface area contributed by atoms with Crippen molar-refractivity contribution >= 4 is 17.4 Å². The Morgan fingerprint density at radius 3 is 3.00 bits per heavy atom. The molecular weight excluding hydrogens is 180 g/mol. The van der Waals surface area contributed by atoms with Crippen LogP contribution < -0.4 is 16.0 Å². The predicted octanol–water partition coefficient (Wildman–Crippen LogP) is -0.400. The van der Waals surface area contributed by atoms with E-state index in [1.54, 1.807) is 12.3 Å². The summed E-state index contributed by atoms with van der Waals surface area (Å²) in [5.74, 6) is 0.545. The molecule has 0 atom stereocenters. The van der Waals surface area contributed by atoms with Crippen LogP contribution in [0.5, 0.6) is 0 Å². The number of nitrogens with one attached hydrogen (secondary N) is 1. The van der Waals surface area contributed by atoms with Crippen LogP contribution in [0.25, 0.3) is 0 Å². The van der Waals surface area contributed by atoms with Crippen LogP contribution in [0.2, 0.25) is 0 Å². The van der Waals surface area contributed by atoms with E-state index >= 15 is 0 Å². The number of amides is 1. The number of anilines is 2. The van der Waals surface area contributed by atoms with Crippen LogP contribution in [0.1, 0.15) is 0 Å². The van der Waals surface area contributed by atoms with Crippen molar-refractivity contribution in [3.8, 4) is 0 Å². The highest BCUT2D eigenvalue weighted by Gasteiger charge is 2.16. The molecule has 5 nitrogen and oxygen atoms in total. The zero-order valence-corrected chi connectivity index (χ0v) is 7.73. The number of carbonyl (C=O) groups excluding carboxylic acids is 1. The molecule has 3 N–H and O–H groups in total. The number of hydrogen-bond acceptors (Lipinski definition) is 4. The lowest BCUT2D eigenvalue weighted by Crippen LogP contribution is -2.47. The average Bonchev–Trinajstić information content (AvgIpc) is 2.19. The molecule has 0 unspecified atom stereocenters. The summed E-state index contributed by atoms with van der Waals surface area (Å²) in [4.78, 5) is 17.1. The largest absolute Gasteiger partial charge is 0.384 e. The van der Waals surface area contributed by atoms with Gasteiger partial charge in [-0.2, -0.15) is 0 Å². The fourth-order valence-corrected chi connectivity index (χ4v) is 1.44. The van der Waals surface area contributed by atoms with Gasteiger partial charge in [-0.1, -0.05) is 0 Å². The van der Waals surface area contributed by atoms with E-state index in [1.165, 1.54) is 0 Å². The van der Waals surface area contributed by atoms with Crippen molar-refractivity contribution < 1.29 is 4.79 Å². The molecule has 0 aliphatic carbocycles. The number of nitrogens with two attached hydrogens (primary N) is 1. The van der Waals surface area contributed by atoms with Gasteiger partial charge >= 0.3 is 0 Å². The number of carbonyl (C=O) groups is 1.